The highest BCUT2D eigenvalue weighted by Crippen LogP contribution is 2.65. The molecule has 8 unspecified atom stereocenters. The number of hydrogen-bond donors (Lipinski definition) is 0. The molecule has 0 spiro atoms. The van der Waals surface area contributed by atoms with Crippen molar-refractivity contribution in [3.8, 4) is 0 Å². The van der Waals surface area contributed by atoms with Gasteiger partial charge < -0.3 is 9.47 Å². The summed E-state index contributed by atoms with van der Waals surface area (Å²) in [6.45, 7) is 10.3. The Morgan fingerprint density at radius 3 is 2.41 bits per heavy atom. The third kappa shape index (κ3) is 3.54. The average Bonchev–Trinajstić information content (AvgIpc) is 3.34. The van der Waals surface area contributed by atoms with Crippen LogP contribution in [-0.4, -0.2) is 48.2 Å². The average molecular weight is 444 g/mol. The molecular weight excluding hydrogens is 402 g/mol. The van der Waals surface area contributed by atoms with Crippen LogP contribution in [0.25, 0.3) is 0 Å². The lowest BCUT2D eigenvalue weighted by atomic mass is 9.48. The molecule has 5 nitrogen and oxygen atoms in total. The monoisotopic (exact) mass is 443 g/mol. The predicted molar refractivity (Wildman–Crippen MR) is 123 cm³/mol. The second-order valence-electron chi connectivity index (χ2n) is 11.9. The zero-order valence-electron chi connectivity index (χ0n) is 20.4. The third-order valence-corrected chi connectivity index (χ3v) is 10.2. The Morgan fingerprint density at radius 2 is 1.72 bits per heavy atom. The smallest absolute Gasteiger partial charge is 0.302 e. The number of fused-ring (bicyclic) bond motifs is 5. The third-order valence-electron chi connectivity index (χ3n) is 10.2. The minimum Gasteiger partial charge on any atom is -0.462 e. The molecule has 8 atom stereocenters. The first-order valence-corrected chi connectivity index (χ1v) is 13.0. The van der Waals surface area contributed by atoms with E-state index in [1.807, 2.05) is 0 Å². The number of rotatable bonds is 3. The van der Waals surface area contributed by atoms with Crippen LogP contribution in [0.15, 0.2) is 11.6 Å². The van der Waals surface area contributed by atoms with E-state index in [0.29, 0.717) is 23.8 Å². The van der Waals surface area contributed by atoms with Crippen molar-refractivity contribution in [2.75, 3.05) is 13.1 Å². The van der Waals surface area contributed by atoms with Crippen molar-refractivity contribution in [3.63, 3.8) is 0 Å². The van der Waals surface area contributed by atoms with Crippen molar-refractivity contribution in [1.29, 1.82) is 0 Å². The number of hydrogen-bond acceptors (Lipinski definition) is 5. The van der Waals surface area contributed by atoms with Crippen LogP contribution in [0.2, 0.25) is 0 Å². The summed E-state index contributed by atoms with van der Waals surface area (Å²) in [6.07, 6.45) is 12.8. The van der Waals surface area contributed by atoms with E-state index in [-0.39, 0.29) is 35.0 Å². The molecule has 0 aromatic carbocycles. The maximum atomic E-state index is 12.1. The Kier molecular flexibility index (Phi) is 5.71. The normalized spacial score (nSPS) is 45.9. The summed E-state index contributed by atoms with van der Waals surface area (Å²) in [7, 11) is 0. The molecule has 5 rings (SSSR count). The van der Waals surface area contributed by atoms with E-state index in [1.54, 1.807) is 6.92 Å². The van der Waals surface area contributed by atoms with Gasteiger partial charge in [-0.1, -0.05) is 25.5 Å². The van der Waals surface area contributed by atoms with Gasteiger partial charge in [-0.25, -0.2) is 0 Å². The van der Waals surface area contributed by atoms with Crippen molar-refractivity contribution in [3.05, 3.63) is 11.6 Å². The van der Waals surface area contributed by atoms with E-state index in [1.165, 1.54) is 38.2 Å². The zero-order chi connectivity index (χ0) is 22.7. The van der Waals surface area contributed by atoms with Crippen molar-refractivity contribution in [2.45, 2.75) is 104 Å². The molecule has 178 valence electrons. The lowest BCUT2D eigenvalue weighted by molar-refractivity contribution is -0.160. The van der Waals surface area contributed by atoms with Crippen LogP contribution in [0, 0.1) is 28.6 Å². The number of likely N-dealkylation sites (tertiary alicyclic amines) is 1. The molecule has 0 amide bonds. The summed E-state index contributed by atoms with van der Waals surface area (Å²) < 4.78 is 11.7. The topological polar surface area (TPSA) is 55.8 Å². The first-order valence-electron chi connectivity index (χ1n) is 13.0. The summed E-state index contributed by atoms with van der Waals surface area (Å²) in [5.74, 6) is 1.69. The lowest BCUT2D eigenvalue weighted by Crippen LogP contribution is -2.52. The molecule has 4 aliphatic carbocycles. The van der Waals surface area contributed by atoms with Crippen molar-refractivity contribution in [2.24, 2.45) is 28.6 Å². The molecular formula is C27H41NO4. The van der Waals surface area contributed by atoms with Crippen molar-refractivity contribution >= 4 is 11.9 Å². The molecule has 0 aromatic rings. The first kappa shape index (κ1) is 22.4. The van der Waals surface area contributed by atoms with Crippen LogP contribution in [0.3, 0.4) is 0 Å². The number of esters is 2. The van der Waals surface area contributed by atoms with Gasteiger partial charge in [0, 0.05) is 31.7 Å². The largest absolute Gasteiger partial charge is 0.462 e. The minimum atomic E-state index is -0.156. The predicted octanol–water partition coefficient (Wildman–Crippen LogP) is 4.89. The summed E-state index contributed by atoms with van der Waals surface area (Å²) in [4.78, 5) is 26.3. The van der Waals surface area contributed by atoms with Gasteiger partial charge >= 0.3 is 11.9 Å². The molecule has 32 heavy (non-hydrogen) atoms. The maximum absolute atomic E-state index is 12.1. The molecule has 0 bridgehead atoms. The number of allylic oxidation sites excluding steroid dienone is 1. The molecule has 5 aliphatic rings. The van der Waals surface area contributed by atoms with Crippen molar-refractivity contribution in [1.82, 2.24) is 4.90 Å². The van der Waals surface area contributed by atoms with E-state index in [0.717, 1.165) is 45.2 Å². The Hall–Kier alpha value is -1.36. The second-order valence-corrected chi connectivity index (χ2v) is 11.9. The number of carbonyl (C=O) groups is 2. The molecule has 3 saturated carbocycles. The van der Waals surface area contributed by atoms with Gasteiger partial charge in [-0.3, -0.25) is 14.5 Å². The number of nitrogens with zero attached hydrogens (tertiary/aromatic N) is 1. The van der Waals surface area contributed by atoms with Crippen LogP contribution in [0.5, 0.6) is 0 Å². The molecule has 0 radical (unpaired) electrons. The van der Waals surface area contributed by atoms with Gasteiger partial charge in [-0.05, 0) is 87.6 Å². The maximum Gasteiger partial charge on any atom is 0.302 e. The van der Waals surface area contributed by atoms with E-state index in [9.17, 15) is 9.59 Å². The Bertz CT molecular complexity index is 801. The number of ether oxygens (including phenoxy) is 2. The van der Waals surface area contributed by atoms with Crippen LogP contribution < -0.4 is 0 Å². The van der Waals surface area contributed by atoms with Crippen LogP contribution >= 0.6 is 0 Å². The molecule has 0 aromatic heterocycles. The highest BCUT2D eigenvalue weighted by atomic mass is 16.5. The molecule has 5 heteroatoms. The van der Waals surface area contributed by atoms with Crippen LogP contribution in [0.1, 0.15) is 85.5 Å². The standard InChI is InChI=1S/C27H41NO4/c1-17(29)31-20-9-11-26(3)19(15-20)7-8-21-22(26)10-12-27(4)23(21)16-24(25(27)32-18(2)30)28-13-5-6-14-28/h7,20-25H,5-6,8-16H2,1-4H3. The lowest BCUT2D eigenvalue weighted by Gasteiger charge is -2.57. The second kappa shape index (κ2) is 8.14. The first-order chi connectivity index (χ1) is 15.2. The summed E-state index contributed by atoms with van der Waals surface area (Å²) in [5, 5.41) is 0. The fraction of sp³-hybridized carbons (Fsp3) is 0.852. The van der Waals surface area contributed by atoms with Gasteiger partial charge in [0.2, 0.25) is 0 Å². The summed E-state index contributed by atoms with van der Waals surface area (Å²) in [5.41, 5.74) is 1.84. The van der Waals surface area contributed by atoms with Gasteiger partial charge in [-0.15, -0.1) is 0 Å². The minimum absolute atomic E-state index is 0.0296. The van der Waals surface area contributed by atoms with Crippen molar-refractivity contribution < 1.29 is 19.1 Å². The van der Waals surface area contributed by atoms with E-state index >= 15 is 0 Å². The number of carbonyl (C=O) groups excluding carboxylic acids is 2. The van der Waals surface area contributed by atoms with Gasteiger partial charge in [-0.2, -0.15) is 0 Å². The quantitative estimate of drug-likeness (QED) is 0.459. The fourth-order valence-corrected chi connectivity index (χ4v) is 8.74. The van der Waals surface area contributed by atoms with E-state index in [2.05, 4.69) is 24.8 Å². The molecule has 0 N–H and O–H groups in total. The highest BCUT2D eigenvalue weighted by molar-refractivity contribution is 5.66. The summed E-state index contributed by atoms with van der Waals surface area (Å²) in [6, 6.07) is 0.382. The molecule has 1 heterocycles. The Morgan fingerprint density at radius 1 is 1.00 bits per heavy atom. The van der Waals surface area contributed by atoms with Gasteiger partial charge in [0.1, 0.15) is 12.2 Å². The summed E-state index contributed by atoms with van der Waals surface area (Å²) >= 11 is 0. The van der Waals surface area contributed by atoms with Gasteiger partial charge in [0.15, 0.2) is 0 Å². The van der Waals surface area contributed by atoms with Crippen LogP contribution in [-0.2, 0) is 19.1 Å². The Balaban J connectivity index is 1.42. The van der Waals surface area contributed by atoms with Gasteiger partial charge in [0.25, 0.3) is 0 Å². The molecule has 4 fully saturated rings. The SMILES string of the molecule is CC(=O)OC1CCC2(C)C(=CCC3C2CCC2(C)C3CC(N3CCCC3)C2OC(C)=O)C1. The zero-order valence-corrected chi connectivity index (χ0v) is 20.4. The van der Waals surface area contributed by atoms with Crippen LogP contribution in [0.4, 0.5) is 0 Å². The van der Waals surface area contributed by atoms with E-state index in [4.69, 9.17) is 9.47 Å². The molecule has 1 saturated heterocycles. The van der Waals surface area contributed by atoms with Gasteiger partial charge in [0.05, 0.1) is 0 Å². The highest BCUT2D eigenvalue weighted by Gasteiger charge is 2.63. The Labute approximate surface area is 193 Å². The fourth-order valence-electron chi connectivity index (χ4n) is 8.74. The molecule has 1 aliphatic heterocycles. The van der Waals surface area contributed by atoms with E-state index < -0.39 is 0 Å².